The van der Waals surface area contributed by atoms with Crippen molar-refractivity contribution in [1.82, 2.24) is 9.97 Å². The second-order valence-electron chi connectivity index (χ2n) is 7.25. The number of hydrogen-bond acceptors (Lipinski definition) is 3. The summed E-state index contributed by atoms with van der Waals surface area (Å²) in [5, 5.41) is 3.99. The summed E-state index contributed by atoms with van der Waals surface area (Å²) in [6.07, 6.45) is 6.26. The lowest BCUT2D eigenvalue weighted by Gasteiger charge is -2.28. The fraction of sp³-hybridized carbons (Fsp3) is 0.318. The van der Waals surface area contributed by atoms with E-state index in [1.807, 2.05) is 18.2 Å². The first kappa shape index (κ1) is 17.6. The highest BCUT2D eigenvalue weighted by Crippen LogP contribution is 2.38. The maximum Gasteiger partial charge on any atom is 0.224 e. The van der Waals surface area contributed by atoms with E-state index < -0.39 is 0 Å². The Morgan fingerprint density at radius 3 is 2.52 bits per heavy atom. The molecule has 1 aliphatic carbocycles. The first-order chi connectivity index (χ1) is 13.2. The van der Waals surface area contributed by atoms with Crippen LogP contribution in [0.15, 0.2) is 54.9 Å². The first-order valence-corrected chi connectivity index (χ1v) is 9.44. The van der Waals surface area contributed by atoms with Gasteiger partial charge in [0.2, 0.25) is 5.91 Å². The van der Waals surface area contributed by atoms with Crippen molar-refractivity contribution in [2.45, 2.75) is 38.0 Å². The highest BCUT2D eigenvalue weighted by Gasteiger charge is 2.26. The van der Waals surface area contributed by atoms with E-state index in [2.05, 4.69) is 21.4 Å². The maximum absolute atomic E-state index is 12.9. The van der Waals surface area contributed by atoms with Crippen LogP contribution < -0.4 is 5.32 Å². The zero-order valence-corrected chi connectivity index (χ0v) is 15.1. The van der Waals surface area contributed by atoms with Crippen LogP contribution in [0.4, 0.5) is 10.1 Å². The molecule has 4 rings (SSSR count). The molecule has 1 aromatic heterocycles. The third-order valence-corrected chi connectivity index (χ3v) is 5.41. The standard InChI is InChI=1S/C22H22FN3O/c23-17-9-11-18(12-10-17)26-21(27)13-15-5-7-16(8-6-15)22-19-3-1-2-4-20(19)24-14-25-22/h1-4,9-12,14-16H,5-8,13H2,(H,26,27)/t15-,16+. The van der Waals surface area contributed by atoms with Crippen molar-refractivity contribution in [3.8, 4) is 0 Å². The summed E-state index contributed by atoms with van der Waals surface area (Å²) >= 11 is 0. The summed E-state index contributed by atoms with van der Waals surface area (Å²) < 4.78 is 12.9. The molecule has 0 aliphatic heterocycles. The average Bonchev–Trinajstić information content (AvgIpc) is 2.70. The number of para-hydroxylation sites is 1. The number of halogens is 1. The quantitative estimate of drug-likeness (QED) is 0.704. The predicted molar refractivity (Wildman–Crippen MR) is 104 cm³/mol. The van der Waals surface area contributed by atoms with Gasteiger partial charge in [-0.1, -0.05) is 18.2 Å². The summed E-state index contributed by atoms with van der Waals surface area (Å²) in [5.74, 6) is 0.505. The van der Waals surface area contributed by atoms with Crippen LogP contribution in [-0.2, 0) is 4.79 Å². The molecule has 1 saturated carbocycles. The molecule has 27 heavy (non-hydrogen) atoms. The van der Waals surface area contributed by atoms with E-state index >= 15 is 0 Å². The minimum Gasteiger partial charge on any atom is -0.326 e. The van der Waals surface area contributed by atoms with Gasteiger partial charge in [-0.3, -0.25) is 4.79 Å². The van der Waals surface area contributed by atoms with Gasteiger partial charge in [-0.05, 0) is 61.9 Å². The van der Waals surface area contributed by atoms with Gasteiger partial charge in [0, 0.05) is 23.4 Å². The topological polar surface area (TPSA) is 54.9 Å². The third-order valence-electron chi connectivity index (χ3n) is 5.41. The van der Waals surface area contributed by atoms with Crippen molar-refractivity contribution in [2.24, 2.45) is 5.92 Å². The molecule has 2 aromatic carbocycles. The van der Waals surface area contributed by atoms with Crippen molar-refractivity contribution in [3.05, 3.63) is 66.4 Å². The Kier molecular flexibility index (Phi) is 5.10. The van der Waals surface area contributed by atoms with Gasteiger partial charge in [-0.25, -0.2) is 14.4 Å². The second-order valence-corrected chi connectivity index (χ2v) is 7.25. The van der Waals surface area contributed by atoms with Crippen LogP contribution in [0.25, 0.3) is 10.9 Å². The smallest absolute Gasteiger partial charge is 0.224 e. The minimum absolute atomic E-state index is 0.00227. The number of anilines is 1. The van der Waals surface area contributed by atoms with Gasteiger partial charge in [0.15, 0.2) is 0 Å². The average molecular weight is 363 g/mol. The molecule has 1 amide bonds. The Bertz CT molecular complexity index is 928. The second kappa shape index (κ2) is 7.82. The molecule has 5 heteroatoms. The molecule has 1 aliphatic rings. The van der Waals surface area contributed by atoms with E-state index in [1.54, 1.807) is 18.5 Å². The fourth-order valence-corrected chi connectivity index (χ4v) is 4.00. The number of nitrogens with zero attached hydrogens (tertiary/aromatic N) is 2. The van der Waals surface area contributed by atoms with Crippen molar-refractivity contribution in [2.75, 3.05) is 5.32 Å². The van der Waals surface area contributed by atoms with Crippen molar-refractivity contribution in [1.29, 1.82) is 0 Å². The van der Waals surface area contributed by atoms with E-state index in [0.717, 1.165) is 42.3 Å². The summed E-state index contributed by atoms with van der Waals surface area (Å²) in [6.45, 7) is 0. The third kappa shape index (κ3) is 4.13. The van der Waals surface area contributed by atoms with Gasteiger partial charge >= 0.3 is 0 Å². The number of carbonyl (C=O) groups excluding carboxylic acids is 1. The summed E-state index contributed by atoms with van der Waals surface area (Å²) in [6, 6.07) is 14.0. The molecule has 0 bridgehead atoms. The monoisotopic (exact) mass is 363 g/mol. The van der Waals surface area contributed by atoms with Crippen LogP contribution in [0.3, 0.4) is 0 Å². The lowest BCUT2D eigenvalue weighted by Crippen LogP contribution is -2.21. The van der Waals surface area contributed by atoms with Crippen LogP contribution in [0.1, 0.15) is 43.7 Å². The van der Waals surface area contributed by atoms with Crippen molar-refractivity contribution in [3.63, 3.8) is 0 Å². The molecule has 0 atom stereocenters. The normalized spacial score (nSPS) is 19.7. The highest BCUT2D eigenvalue weighted by atomic mass is 19.1. The molecule has 1 N–H and O–H groups in total. The minimum atomic E-state index is -0.302. The van der Waals surface area contributed by atoms with Gasteiger partial charge in [0.25, 0.3) is 0 Å². The Labute approximate surface area is 157 Å². The van der Waals surface area contributed by atoms with E-state index in [9.17, 15) is 9.18 Å². The van der Waals surface area contributed by atoms with E-state index in [4.69, 9.17) is 0 Å². The lowest BCUT2D eigenvalue weighted by atomic mass is 9.78. The van der Waals surface area contributed by atoms with Gasteiger partial charge in [0.05, 0.1) is 11.2 Å². The number of rotatable bonds is 4. The van der Waals surface area contributed by atoms with Crippen LogP contribution in [0.5, 0.6) is 0 Å². The maximum atomic E-state index is 12.9. The van der Waals surface area contributed by atoms with Gasteiger partial charge < -0.3 is 5.32 Å². The molecule has 0 radical (unpaired) electrons. The number of nitrogens with one attached hydrogen (secondary N) is 1. The molecule has 1 fully saturated rings. The van der Waals surface area contributed by atoms with Gasteiger partial charge in [0.1, 0.15) is 12.1 Å². The molecular formula is C22H22FN3O. The summed E-state index contributed by atoms with van der Waals surface area (Å²) in [5.41, 5.74) is 2.76. The first-order valence-electron chi connectivity index (χ1n) is 9.44. The molecule has 4 nitrogen and oxygen atoms in total. The highest BCUT2D eigenvalue weighted by molar-refractivity contribution is 5.90. The van der Waals surface area contributed by atoms with Crippen LogP contribution in [-0.4, -0.2) is 15.9 Å². The van der Waals surface area contributed by atoms with Crippen LogP contribution in [0.2, 0.25) is 0 Å². The molecule has 3 aromatic rings. The molecule has 1 heterocycles. The molecule has 138 valence electrons. The van der Waals surface area contributed by atoms with E-state index in [0.29, 0.717) is 23.9 Å². The lowest BCUT2D eigenvalue weighted by molar-refractivity contribution is -0.117. The molecule has 0 spiro atoms. The number of fused-ring (bicyclic) bond motifs is 1. The Balaban J connectivity index is 1.34. The zero-order chi connectivity index (χ0) is 18.6. The Morgan fingerprint density at radius 1 is 1.00 bits per heavy atom. The summed E-state index contributed by atoms with van der Waals surface area (Å²) in [4.78, 5) is 21.2. The zero-order valence-electron chi connectivity index (χ0n) is 15.1. The Hall–Kier alpha value is -2.82. The van der Waals surface area contributed by atoms with Crippen molar-refractivity contribution < 1.29 is 9.18 Å². The SMILES string of the molecule is O=C(C[C@H]1CC[C@@H](c2ncnc3ccccc32)CC1)Nc1ccc(F)cc1. The number of amides is 1. The van der Waals surface area contributed by atoms with Crippen molar-refractivity contribution >= 4 is 22.5 Å². The number of aromatic nitrogens is 2. The predicted octanol–water partition coefficient (Wildman–Crippen LogP) is 5.07. The number of carbonyl (C=O) groups is 1. The molecule has 0 unspecified atom stereocenters. The van der Waals surface area contributed by atoms with E-state index in [1.165, 1.54) is 12.1 Å². The number of hydrogen-bond donors (Lipinski definition) is 1. The van der Waals surface area contributed by atoms with Crippen LogP contribution >= 0.6 is 0 Å². The Morgan fingerprint density at radius 2 is 1.74 bits per heavy atom. The number of benzene rings is 2. The fourth-order valence-electron chi connectivity index (χ4n) is 4.00. The van der Waals surface area contributed by atoms with Crippen LogP contribution in [0, 0.1) is 11.7 Å². The van der Waals surface area contributed by atoms with Gasteiger partial charge in [-0.2, -0.15) is 0 Å². The molecule has 0 saturated heterocycles. The largest absolute Gasteiger partial charge is 0.326 e. The summed E-state index contributed by atoms with van der Waals surface area (Å²) in [7, 11) is 0. The van der Waals surface area contributed by atoms with E-state index in [-0.39, 0.29) is 11.7 Å². The molecular weight excluding hydrogens is 341 g/mol. The van der Waals surface area contributed by atoms with Gasteiger partial charge in [-0.15, -0.1) is 0 Å².